The van der Waals surface area contributed by atoms with Crippen LogP contribution in [-0.2, 0) is 10.0 Å². The molecule has 0 aromatic carbocycles. The molecule has 0 spiro atoms. The summed E-state index contributed by atoms with van der Waals surface area (Å²) in [5, 5.41) is 8.03. The molecule has 2 aromatic heterocycles. The molecule has 0 unspecified atom stereocenters. The Hall–Kier alpha value is -2.09. The second-order valence-electron chi connectivity index (χ2n) is 9.13. The van der Waals surface area contributed by atoms with Gasteiger partial charge in [0.05, 0.1) is 12.9 Å². The van der Waals surface area contributed by atoms with Crippen molar-refractivity contribution < 1.29 is 13.2 Å². The van der Waals surface area contributed by atoms with E-state index in [1.54, 1.807) is 16.7 Å². The number of hydrogen-bond acceptors (Lipinski definition) is 5. The maximum Gasteiger partial charge on any atom is 0.242 e. The molecule has 0 saturated heterocycles. The maximum absolute atomic E-state index is 11.5. The quantitative estimate of drug-likeness (QED) is 0.801. The number of nitrogens with one attached hydrogen (secondary N) is 1. The second-order valence-corrected chi connectivity index (χ2v) is 10.9. The zero-order chi connectivity index (χ0) is 19.5. The molecular weight excluding hydrogens is 376 g/mol. The van der Waals surface area contributed by atoms with Crippen molar-refractivity contribution >= 4 is 27.7 Å². The zero-order valence-electron chi connectivity index (χ0n) is 16.1. The molecule has 8 heteroatoms. The molecule has 4 saturated carbocycles. The average molecular weight is 403 g/mol. The first-order chi connectivity index (χ1) is 13.3. The molecule has 2 heterocycles. The van der Waals surface area contributed by atoms with Gasteiger partial charge < -0.3 is 4.74 Å². The van der Waals surface area contributed by atoms with Crippen LogP contribution in [0.25, 0.3) is 11.7 Å². The highest BCUT2D eigenvalue weighted by molar-refractivity contribution is 7.91. The number of aromatic nitrogens is 3. The number of fused-ring (bicyclic) bond motifs is 1. The van der Waals surface area contributed by atoms with Gasteiger partial charge in [-0.1, -0.05) is 12.7 Å². The minimum absolute atomic E-state index is 0.160. The molecule has 28 heavy (non-hydrogen) atoms. The Morgan fingerprint density at radius 3 is 2.46 bits per heavy atom. The highest BCUT2D eigenvalue weighted by Crippen LogP contribution is 2.60. The van der Waals surface area contributed by atoms with E-state index >= 15 is 0 Å². The van der Waals surface area contributed by atoms with Crippen molar-refractivity contribution in [2.75, 3.05) is 17.6 Å². The van der Waals surface area contributed by atoms with E-state index in [2.05, 4.69) is 21.5 Å². The van der Waals surface area contributed by atoms with Crippen molar-refractivity contribution in [1.82, 2.24) is 14.6 Å². The maximum atomic E-state index is 11.5. The van der Waals surface area contributed by atoms with Gasteiger partial charge in [0.2, 0.25) is 16.0 Å². The van der Waals surface area contributed by atoms with Crippen molar-refractivity contribution in [3.05, 3.63) is 24.4 Å². The Kier molecular flexibility index (Phi) is 3.98. The minimum Gasteiger partial charge on any atom is -0.492 e. The fourth-order valence-electron chi connectivity index (χ4n) is 6.14. The van der Waals surface area contributed by atoms with Gasteiger partial charge in [0, 0.05) is 23.2 Å². The third kappa shape index (κ3) is 3.17. The van der Waals surface area contributed by atoms with Gasteiger partial charge in [0.25, 0.3) is 0 Å². The van der Waals surface area contributed by atoms with Gasteiger partial charge in [0.1, 0.15) is 5.75 Å². The van der Waals surface area contributed by atoms with Gasteiger partial charge in [-0.3, -0.25) is 9.12 Å². The van der Waals surface area contributed by atoms with Crippen LogP contribution in [-0.4, -0.2) is 35.9 Å². The second kappa shape index (κ2) is 6.20. The molecule has 0 amide bonds. The molecule has 4 aliphatic carbocycles. The molecule has 4 bridgehead atoms. The summed E-state index contributed by atoms with van der Waals surface area (Å²) in [4.78, 5) is 0. The van der Waals surface area contributed by atoms with E-state index in [9.17, 15) is 8.42 Å². The lowest BCUT2D eigenvalue weighted by Crippen LogP contribution is -2.48. The third-order valence-electron chi connectivity index (χ3n) is 6.73. The van der Waals surface area contributed by atoms with Gasteiger partial charge in [0.15, 0.2) is 5.65 Å². The van der Waals surface area contributed by atoms with Crippen LogP contribution in [0.5, 0.6) is 5.75 Å². The SMILES string of the molecule is C=Cc1cn2c(NS(C)(=O)=O)nnc2cc1OCC12CC3CC(CC(C3)C1)C2. The van der Waals surface area contributed by atoms with E-state index in [0.717, 1.165) is 41.9 Å². The Bertz CT molecular complexity index is 1010. The van der Waals surface area contributed by atoms with E-state index in [1.807, 2.05) is 6.07 Å². The summed E-state index contributed by atoms with van der Waals surface area (Å²) in [6.45, 7) is 4.62. The summed E-state index contributed by atoms with van der Waals surface area (Å²) < 4.78 is 33.4. The van der Waals surface area contributed by atoms with Gasteiger partial charge in [-0.2, -0.15) is 0 Å². The van der Waals surface area contributed by atoms with Crippen molar-refractivity contribution in [2.45, 2.75) is 38.5 Å². The van der Waals surface area contributed by atoms with Gasteiger partial charge in [-0.15, -0.1) is 10.2 Å². The molecule has 4 aliphatic rings. The predicted octanol–water partition coefficient (Wildman–Crippen LogP) is 3.34. The molecule has 2 aromatic rings. The molecule has 0 aliphatic heterocycles. The Balaban J connectivity index is 1.41. The molecule has 150 valence electrons. The molecule has 6 rings (SSSR count). The lowest BCUT2D eigenvalue weighted by Gasteiger charge is -2.56. The van der Waals surface area contributed by atoms with Crippen molar-refractivity contribution in [2.24, 2.45) is 23.2 Å². The summed E-state index contributed by atoms with van der Waals surface area (Å²) in [5.74, 6) is 3.55. The molecule has 7 nitrogen and oxygen atoms in total. The number of ether oxygens (including phenoxy) is 1. The van der Waals surface area contributed by atoms with Gasteiger partial charge >= 0.3 is 0 Å². The summed E-state index contributed by atoms with van der Waals surface area (Å²) in [7, 11) is -3.43. The van der Waals surface area contributed by atoms with Gasteiger partial charge in [-0.05, 0) is 56.3 Å². The fourth-order valence-corrected chi connectivity index (χ4v) is 6.61. The molecule has 0 radical (unpaired) electrons. The smallest absolute Gasteiger partial charge is 0.242 e. The lowest BCUT2D eigenvalue weighted by atomic mass is 9.50. The predicted molar refractivity (Wildman–Crippen MR) is 108 cm³/mol. The standard InChI is InChI=1S/C20H26N4O3S/c1-3-16-11-24-18(21-22-19(24)23-28(2,25)26)7-17(16)27-12-20-8-13-4-14(9-20)6-15(5-13)10-20/h3,7,11,13-15H,1,4-6,8-10,12H2,2H3,(H,22,23). The normalized spacial score (nSPS) is 31.2. The van der Waals surface area contributed by atoms with Crippen molar-refractivity contribution in [1.29, 1.82) is 0 Å². The van der Waals surface area contributed by atoms with E-state index in [-0.39, 0.29) is 5.95 Å². The number of sulfonamides is 1. The average Bonchev–Trinajstić information content (AvgIpc) is 2.98. The first-order valence-corrected chi connectivity index (χ1v) is 11.8. The lowest BCUT2D eigenvalue weighted by molar-refractivity contribution is -0.0745. The van der Waals surface area contributed by atoms with Crippen LogP contribution < -0.4 is 9.46 Å². The summed E-state index contributed by atoms with van der Waals surface area (Å²) >= 11 is 0. The molecule has 4 fully saturated rings. The van der Waals surface area contributed by atoms with Crippen LogP contribution >= 0.6 is 0 Å². The van der Waals surface area contributed by atoms with Gasteiger partial charge in [-0.25, -0.2) is 8.42 Å². The third-order valence-corrected chi connectivity index (χ3v) is 7.28. The number of rotatable bonds is 6. The first kappa shape index (κ1) is 18.0. The minimum atomic E-state index is -3.43. The van der Waals surface area contributed by atoms with E-state index < -0.39 is 10.0 Å². The van der Waals surface area contributed by atoms with Crippen molar-refractivity contribution in [3.63, 3.8) is 0 Å². The molecular formula is C20H26N4O3S. The molecule has 0 atom stereocenters. The van der Waals surface area contributed by atoms with E-state index in [4.69, 9.17) is 4.74 Å². The van der Waals surface area contributed by atoms with Crippen LogP contribution in [0.15, 0.2) is 18.8 Å². The van der Waals surface area contributed by atoms with E-state index in [1.165, 1.54) is 38.5 Å². The Labute approximate surface area is 165 Å². The Morgan fingerprint density at radius 2 is 1.89 bits per heavy atom. The zero-order valence-corrected chi connectivity index (χ0v) is 16.9. The number of hydrogen-bond donors (Lipinski definition) is 1. The number of nitrogens with zero attached hydrogens (tertiary/aromatic N) is 3. The summed E-state index contributed by atoms with van der Waals surface area (Å²) in [5.41, 5.74) is 1.65. The van der Waals surface area contributed by atoms with E-state index in [0.29, 0.717) is 11.1 Å². The highest BCUT2D eigenvalue weighted by atomic mass is 32.2. The van der Waals surface area contributed by atoms with Crippen LogP contribution in [0.3, 0.4) is 0 Å². The fraction of sp³-hybridized carbons (Fsp3) is 0.600. The summed E-state index contributed by atoms with van der Waals surface area (Å²) in [6.07, 6.45) is 12.7. The Morgan fingerprint density at radius 1 is 1.25 bits per heavy atom. The largest absolute Gasteiger partial charge is 0.492 e. The topological polar surface area (TPSA) is 85.6 Å². The van der Waals surface area contributed by atoms with Crippen LogP contribution in [0, 0.1) is 23.2 Å². The first-order valence-electron chi connectivity index (χ1n) is 9.94. The highest BCUT2D eigenvalue weighted by Gasteiger charge is 2.51. The monoisotopic (exact) mass is 402 g/mol. The molecule has 1 N–H and O–H groups in total. The number of anilines is 1. The van der Waals surface area contributed by atoms with Crippen LogP contribution in [0.4, 0.5) is 5.95 Å². The summed E-state index contributed by atoms with van der Waals surface area (Å²) in [6, 6.07) is 1.82. The number of pyridine rings is 1. The van der Waals surface area contributed by atoms with Crippen LogP contribution in [0.1, 0.15) is 44.1 Å². The van der Waals surface area contributed by atoms with Crippen molar-refractivity contribution in [3.8, 4) is 5.75 Å². The van der Waals surface area contributed by atoms with Crippen LogP contribution in [0.2, 0.25) is 0 Å².